The second-order valence-electron chi connectivity index (χ2n) is 12.5. The van der Waals surface area contributed by atoms with E-state index >= 15 is 0 Å². The number of hydrogen-bond acceptors (Lipinski definition) is 5. The highest BCUT2D eigenvalue weighted by Gasteiger charge is 2.50. The molecule has 0 aliphatic heterocycles. The summed E-state index contributed by atoms with van der Waals surface area (Å²) in [5, 5.41) is 39.6. The van der Waals surface area contributed by atoms with E-state index in [0.29, 0.717) is 37.0 Å². The number of aliphatic hydroxyl groups excluding tert-OH is 2. The van der Waals surface area contributed by atoms with Crippen LogP contribution in [0.15, 0.2) is 41.6 Å². The highest BCUT2D eigenvalue weighted by Crippen LogP contribution is 2.59. The summed E-state index contributed by atoms with van der Waals surface area (Å²) in [7, 11) is 0. The van der Waals surface area contributed by atoms with Crippen molar-refractivity contribution in [2.45, 2.75) is 116 Å². The fraction of sp³-hybridized carbons (Fsp3) is 0.733. The summed E-state index contributed by atoms with van der Waals surface area (Å²) >= 11 is 0. The number of allylic oxidation sites excluding steroid dienone is 3. The molecule has 1 aromatic heterocycles. The van der Waals surface area contributed by atoms with Crippen LogP contribution in [0, 0.1) is 23.2 Å². The molecule has 3 N–H and O–H groups in total. The van der Waals surface area contributed by atoms with Crippen LogP contribution in [0.3, 0.4) is 0 Å². The molecule has 3 aliphatic rings. The molecule has 7 atom stereocenters. The van der Waals surface area contributed by atoms with Crippen LogP contribution in [0.2, 0.25) is 0 Å². The van der Waals surface area contributed by atoms with Crippen molar-refractivity contribution in [3.63, 3.8) is 0 Å². The van der Waals surface area contributed by atoms with Crippen LogP contribution in [-0.2, 0) is 13.0 Å². The Morgan fingerprint density at radius 2 is 2.08 bits per heavy atom. The summed E-state index contributed by atoms with van der Waals surface area (Å²) in [5.74, 6) is 1.70. The number of nitrogens with zero attached hydrogens (tertiary/aromatic N) is 3. The van der Waals surface area contributed by atoms with E-state index < -0.39 is 17.8 Å². The Hall–Kier alpha value is -1.76. The lowest BCUT2D eigenvalue weighted by atomic mass is 9.61. The summed E-state index contributed by atoms with van der Waals surface area (Å²) < 4.78 is 1.98. The van der Waals surface area contributed by atoms with Crippen LogP contribution in [0.5, 0.6) is 0 Å². The molecule has 0 spiro atoms. The number of hydrogen-bond donors (Lipinski definition) is 3. The maximum absolute atomic E-state index is 10.6. The lowest BCUT2D eigenvalue weighted by Gasteiger charge is -2.44. The third-order valence-corrected chi connectivity index (χ3v) is 9.40. The number of rotatable bonds is 8. The molecule has 0 amide bonds. The van der Waals surface area contributed by atoms with Crippen LogP contribution in [-0.4, -0.2) is 48.1 Å². The first-order valence-corrected chi connectivity index (χ1v) is 14.1. The predicted molar refractivity (Wildman–Crippen MR) is 143 cm³/mol. The van der Waals surface area contributed by atoms with Gasteiger partial charge in [-0.3, -0.25) is 4.68 Å². The molecule has 1 heterocycles. The average Bonchev–Trinajstić information content (AvgIpc) is 3.38. The molecule has 0 bridgehead atoms. The molecule has 4 rings (SSSR count). The van der Waals surface area contributed by atoms with Crippen molar-refractivity contribution in [1.29, 1.82) is 0 Å². The Bertz CT molecular complexity index is 993. The lowest BCUT2D eigenvalue weighted by Crippen LogP contribution is -2.37. The van der Waals surface area contributed by atoms with Crippen molar-refractivity contribution < 1.29 is 15.3 Å². The Morgan fingerprint density at radius 1 is 1.31 bits per heavy atom. The molecule has 0 saturated heterocycles. The van der Waals surface area contributed by atoms with Gasteiger partial charge in [0.1, 0.15) is 0 Å². The van der Waals surface area contributed by atoms with Crippen molar-refractivity contribution in [3.05, 3.63) is 47.3 Å². The van der Waals surface area contributed by atoms with Crippen molar-refractivity contribution in [3.8, 4) is 0 Å². The van der Waals surface area contributed by atoms with Gasteiger partial charge in [0.2, 0.25) is 0 Å². The van der Waals surface area contributed by atoms with Crippen molar-refractivity contribution in [1.82, 2.24) is 15.0 Å². The van der Waals surface area contributed by atoms with Crippen molar-refractivity contribution in [2.75, 3.05) is 0 Å². The third kappa shape index (κ3) is 5.87. The van der Waals surface area contributed by atoms with Gasteiger partial charge in [0, 0.05) is 25.6 Å². The third-order valence-electron chi connectivity index (χ3n) is 9.40. The minimum atomic E-state index is -0.728. The van der Waals surface area contributed by atoms with Crippen LogP contribution in [0.1, 0.15) is 91.2 Å². The standard InChI is InChI=1S/C30H47N3O3/c1-6-13-29(4,36)17-24-19-33(32-31-24)18-20(2)26-11-12-27-22(8-7-14-30(26,27)5)9-10-23-15-25(34)16-28(35)21(23)3/h9-10,19-20,25-28,34-36H,3,6-8,11-18H2,1-2,4-5H3/b22-9?,23-10-/t20-,25+,26-,27+,28-,29?,30-/m1/s1. The van der Waals surface area contributed by atoms with Gasteiger partial charge in [-0.1, -0.05) is 56.7 Å². The SMILES string of the molecule is C=C1/C(=C\C=C2CCC[C@]3(C)[C@@H]([C@H](C)Cn4cc(CC(C)(O)CCC)nn4)CC[C@@H]23)C[C@H](O)C[C@H]1O. The molecular weight excluding hydrogens is 450 g/mol. The minimum Gasteiger partial charge on any atom is -0.393 e. The normalized spacial score (nSPS) is 35.7. The van der Waals surface area contributed by atoms with E-state index in [1.54, 1.807) is 0 Å². The van der Waals surface area contributed by atoms with Gasteiger partial charge in [0.15, 0.2) is 0 Å². The van der Waals surface area contributed by atoms with Crippen molar-refractivity contribution in [2.24, 2.45) is 23.2 Å². The Balaban J connectivity index is 1.44. The van der Waals surface area contributed by atoms with Gasteiger partial charge in [-0.2, -0.15) is 0 Å². The first-order chi connectivity index (χ1) is 17.0. The van der Waals surface area contributed by atoms with Crippen LogP contribution < -0.4 is 0 Å². The Labute approximate surface area is 217 Å². The van der Waals surface area contributed by atoms with Gasteiger partial charge in [0.25, 0.3) is 0 Å². The van der Waals surface area contributed by atoms with E-state index in [9.17, 15) is 15.3 Å². The van der Waals surface area contributed by atoms with E-state index in [0.717, 1.165) is 42.6 Å². The topological polar surface area (TPSA) is 91.4 Å². The number of aliphatic hydroxyl groups is 3. The highest BCUT2D eigenvalue weighted by molar-refractivity contribution is 5.38. The molecule has 0 aromatic carbocycles. The second-order valence-corrected chi connectivity index (χ2v) is 12.5. The molecule has 6 heteroatoms. The summed E-state index contributed by atoms with van der Waals surface area (Å²) in [4.78, 5) is 0. The zero-order valence-corrected chi connectivity index (χ0v) is 22.8. The van der Waals surface area contributed by atoms with E-state index in [1.165, 1.54) is 31.3 Å². The smallest absolute Gasteiger partial charge is 0.0855 e. The quantitative estimate of drug-likeness (QED) is 0.462. The molecule has 3 aliphatic carbocycles. The largest absolute Gasteiger partial charge is 0.393 e. The Kier molecular flexibility index (Phi) is 8.28. The average molecular weight is 498 g/mol. The zero-order valence-electron chi connectivity index (χ0n) is 22.8. The van der Waals surface area contributed by atoms with Gasteiger partial charge in [-0.15, -0.1) is 5.10 Å². The van der Waals surface area contributed by atoms with Crippen LogP contribution in [0.25, 0.3) is 0 Å². The summed E-state index contributed by atoms with van der Waals surface area (Å²) in [6, 6.07) is 0. The first kappa shape index (κ1) is 27.3. The maximum atomic E-state index is 10.6. The van der Waals surface area contributed by atoms with E-state index in [4.69, 9.17) is 0 Å². The molecule has 3 saturated carbocycles. The molecule has 1 unspecified atom stereocenters. The van der Waals surface area contributed by atoms with Gasteiger partial charge in [0.05, 0.1) is 23.5 Å². The fourth-order valence-electron chi connectivity index (χ4n) is 7.63. The first-order valence-electron chi connectivity index (χ1n) is 14.1. The number of fused-ring (bicyclic) bond motifs is 1. The number of aromatic nitrogens is 3. The molecular formula is C30H47N3O3. The molecule has 6 nitrogen and oxygen atoms in total. The van der Waals surface area contributed by atoms with Gasteiger partial charge in [-0.05, 0) is 86.2 Å². The van der Waals surface area contributed by atoms with Gasteiger partial charge >= 0.3 is 0 Å². The van der Waals surface area contributed by atoms with E-state index in [1.807, 2.05) is 17.8 Å². The maximum Gasteiger partial charge on any atom is 0.0855 e. The van der Waals surface area contributed by atoms with Crippen molar-refractivity contribution >= 4 is 0 Å². The molecule has 200 valence electrons. The van der Waals surface area contributed by atoms with Gasteiger partial charge < -0.3 is 15.3 Å². The molecule has 1 aromatic rings. The molecule has 0 radical (unpaired) electrons. The predicted octanol–water partition coefficient (Wildman–Crippen LogP) is 5.15. The van der Waals surface area contributed by atoms with Crippen LogP contribution in [0.4, 0.5) is 0 Å². The molecule has 3 fully saturated rings. The highest BCUT2D eigenvalue weighted by atomic mass is 16.3. The summed E-state index contributed by atoms with van der Waals surface area (Å²) in [6.45, 7) is 13.8. The van der Waals surface area contributed by atoms with Gasteiger partial charge in [-0.25, -0.2) is 0 Å². The minimum absolute atomic E-state index is 0.277. The lowest BCUT2D eigenvalue weighted by molar-refractivity contribution is 0.0495. The monoisotopic (exact) mass is 497 g/mol. The van der Waals surface area contributed by atoms with E-state index in [2.05, 4.69) is 49.8 Å². The summed E-state index contributed by atoms with van der Waals surface area (Å²) in [5.41, 5.74) is 3.69. The second kappa shape index (κ2) is 10.9. The zero-order chi connectivity index (χ0) is 26.1. The fourth-order valence-corrected chi connectivity index (χ4v) is 7.63. The molecule has 36 heavy (non-hydrogen) atoms. The van der Waals surface area contributed by atoms with Crippen LogP contribution >= 0.6 is 0 Å². The Morgan fingerprint density at radius 3 is 2.83 bits per heavy atom. The van der Waals surface area contributed by atoms with E-state index in [-0.39, 0.29) is 5.41 Å². The summed E-state index contributed by atoms with van der Waals surface area (Å²) in [6.07, 6.45) is 14.6.